The maximum Gasteiger partial charge on any atom is 0.164 e. The van der Waals surface area contributed by atoms with Crippen molar-refractivity contribution in [1.29, 1.82) is 0 Å². The summed E-state index contributed by atoms with van der Waals surface area (Å²) in [5.74, 6) is 1.89. The van der Waals surface area contributed by atoms with Crippen LogP contribution in [-0.2, 0) is 5.41 Å². The molecule has 0 N–H and O–H groups in total. The lowest BCUT2D eigenvalue weighted by atomic mass is 9.80. The number of hydrogen-bond acceptors (Lipinski definition) is 4. The minimum Gasteiger partial charge on any atom is -0.256 e. The second kappa shape index (κ2) is 13.1. The number of fused-ring (bicyclic) bond motifs is 5. The predicted molar refractivity (Wildman–Crippen MR) is 225 cm³/mol. The molecule has 4 heteroatoms. The Morgan fingerprint density at radius 1 is 0.364 bits per heavy atom. The minimum atomic E-state index is -0.161. The van der Waals surface area contributed by atoms with Gasteiger partial charge in [-0.1, -0.05) is 147 Å². The van der Waals surface area contributed by atoms with E-state index in [1.165, 1.54) is 38.6 Å². The van der Waals surface area contributed by atoms with E-state index in [2.05, 4.69) is 146 Å². The molecule has 0 spiro atoms. The fourth-order valence-electron chi connectivity index (χ4n) is 8.20. The van der Waals surface area contributed by atoms with Crippen LogP contribution in [0.25, 0.3) is 89.6 Å². The van der Waals surface area contributed by atoms with E-state index in [0.717, 1.165) is 44.6 Å². The second-order valence-corrected chi connectivity index (χ2v) is 14.7. The van der Waals surface area contributed by atoms with Gasteiger partial charge in [0.2, 0.25) is 0 Å². The highest BCUT2D eigenvalue weighted by molar-refractivity contribution is 6.09. The van der Waals surface area contributed by atoms with E-state index in [-0.39, 0.29) is 5.41 Å². The molecule has 0 unspecified atom stereocenters. The Hall–Kier alpha value is -7.04. The first kappa shape index (κ1) is 32.6. The van der Waals surface area contributed by atoms with E-state index in [0.29, 0.717) is 17.5 Å². The van der Waals surface area contributed by atoms with E-state index < -0.39 is 0 Å². The van der Waals surface area contributed by atoms with Gasteiger partial charge in [0.15, 0.2) is 17.5 Å². The molecule has 9 aromatic rings. The predicted octanol–water partition coefficient (Wildman–Crippen LogP) is 12.7. The van der Waals surface area contributed by atoms with Crippen LogP contribution in [0.15, 0.2) is 182 Å². The maximum atomic E-state index is 5.17. The Labute approximate surface area is 320 Å². The summed E-state index contributed by atoms with van der Waals surface area (Å²) in [7, 11) is 0. The normalized spacial score (nSPS) is 12.7. The van der Waals surface area contributed by atoms with Crippen LogP contribution in [0.2, 0.25) is 0 Å². The average Bonchev–Trinajstić information content (AvgIpc) is 3.49. The van der Waals surface area contributed by atoms with Crippen molar-refractivity contribution in [2.24, 2.45) is 0 Å². The van der Waals surface area contributed by atoms with Gasteiger partial charge >= 0.3 is 0 Å². The van der Waals surface area contributed by atoms with Crippen molar-refractivity contribution < 1.29 is 0 Å². The Balaban J connectivity index is 1.24. The van der Waals surface area contributed by atoms with E-state index >= 15 is 0 Å². The van der Waals surface area contributed by atoms with E-state index in [9.17, 15) is 0 Å². The second-order valence-electron chi connectivity index (χ2n) is 14.7. The van der Waals surface area contributed by atoms with Gasteiger partial charge in [-0.05, 0) is 97.7 Å². The van der Waals surface area contributed by atoms with Gasteiger partial charge in [-0.2, -0.15) is 0 Å². The van der Waals surface area contributed by atoms with Gasteiger partial charge in [0.1, 0.15) is 0 Å². The van der Waals surface area contributed by atoms with Crippen molar-refractivity contribution in [3.05, 3.63) is 193 Å². The van der Waals surface area contributed by atoms with E-state index in [1.807, 2.05) is 54.7 Å². The SMILES string of the molecule is CC1(C)c2ccccc2-c2c1cc(-c1cc(-c3cccc(-c4ccccn4)c3)cc(-c3nc(-c4ccccc4)nc(-c4ccccc4)n3)c1)c1ccccc21. The van der Waals surface area contributed by atoms with Crippen molar-refractivity contribution in [3.63, 3.8) is 0 Å². The van der Waals surface area contributed by atoms with Crippen LogP contribution >= 0.6 is 0 Å². The summed E-state index contributed by atoms with van der Waals surface area (Å²) in [6, 6.07) is 61.9. The van der Waals surface area contributed by atoms with E-state index in [4.69, 9.17) is 15.0 Å². The molecule has 55 heavy (non-hydrogen) atoms. The molecule has 2 aromatic heterocycles. The summed E-state index contributed by atoms with van der Waals surface area (Å²) < 4.78 is 0. The largest absolute Gasteiger partial charge is 0.256 e. The number of hydrogen-bond donors (Lipinski definition) is 0. The summed E-state index contributed by atoms with van der Waals surface area (Å²) in [5, 5.41) is 2.47. The Morgan fingerprint density at radius 3 is 1.62 bits per heavy atom. The lowest BCUT2D eigenvalue weighted by molar-refractivity contribution is 0.661. The number of nitrogens with zero attached hydrogens (tertiary/aromatic N) is 4. The summed E-state index contributed by atoms with van der Waals surface area (Å²) in [5.41, 5.74) is 14.4. The molecule has 0 radical (unpaired) electrons. The lowest BCUT2D eigenvalue weighted by Crippen LogP contribution is -2.15. The Morgan fingerprint density at radius 2 is 0.909 bits per heavy atom. The Bertz CT molecular complexity index is 2820. The molecule has 0 saturated carbocycles. The zero-order chi connectivity index (χ0) is 36.9. The molecule has 10 rings (SSSR count). The summed E-state index contributed by atoms with van der Waals surface area (Å²) in [6.07, 6.45) is 1.84. The van der Waals surface area contributed by atoms with Crippen LogP contribution in [0.5, 0.6) is 0 Å². The van der Waals surface area contributed by atoms with Crippen molar-refractivity contribution in [2.75, 3.05) is 0 Å². The zero-order valence-corrected chi connectivity index (χ0v) is 30.6. The van der Waals surface area contributed by atoms with Crippen molar-refractivity contribution in [1.82, 2.24) is 19.9 Å². The van der Waals surface area contributed by atoms with Crippen LogP contribution in [0.4, 0.5) is 0 Å². The highest BCUT2D eigenvalue weighted by Crippen LogP contribution is 2.53. The van der Waals surface area contributed by atoms with Gasteiger partial charge in [0.25, 0.3) is 0 Å². The Kier molecular flexibility index (Phi) is 7.77. The number of benzene rings is 7. The first-order chi connectivity index (χ1) is 27.0. The quantitative estimate of drug-likeness (QED) is 0.173. The van der Waals surface area contributed by atoms with Crippen molar-refractivity contribution in [2.45, 2.75) is 19.3 Å². The molecule has 260 valence electrons. The van der Waals surface area contributed by atoms with Crippen molar-refractivity contribution in [3.8, 4) is 78.8 Å². The third-order valence-corrected chi connectivity index (χ3v) is 10.9. The van der Waals surface area contributed by atoms with Crippen LogP contribution in [0.3, 0.4) is 0 Å². The molecule has 4 nitrogen and oxygen atoms in total. The highest BCUT2D eigenvalue weighted by Gasteiger charge is 2.37. The average molecular weight is 705 g/mol. The van der Waals surface area contributed by atoms with Crippen LogP contribution in [0, 0.1) is 0 Å². The smallest absolute Gasteiger partial charge is 0.164 e. The van der Waals surface area contributed by atoms with Gasteiger partial charge in [0.05, 0.1) is 5.69 Å². The number of pyridine rings is 1. The summed E-state index contributed by atoms with van der Waals surface area (Å²) in [4.78, 5) is 20.0. The molecule has 0 atom stereocenters. The summed E-state index contributed by atoms with van der Waals surface area (Å²) in [6.45, 7) is 4.70. The molecular weight excluding hydrogens is 669 g/mol. The molecule has 1 aliphatic rings. The molecule has 1 aliphatic carbocycles. The van der Waals surface area contributed by atoms with Crippen LogP contribution in [-0.4, -0.2) is 19.9 Å². The maximum absolute atomic E-state index is 5.17. The standard InChI is InChI=1S/C51H36N4/c1-51(2)44-25-12-11-24-42(44)47-41-23-10-9-22-40(41)43(32-45(47)51)38-29-37(35-20-15-21-36(28-35)46-26-13-14-27-52-46)30-39(31-38)50-54-48(33-16-5-3-6-17-33)53-49(55-50)34-18-7-4-8-19-34/h3-32H,1-2H3. The first-order valence-electron chi connectivity index (χ1n) is 18.7. The third-order valence-electron chi connectivity index (χ3n) is 10.9. The molecule has 2 heterocycles. The van der Waals surface area contributed by atoms with Gasteiger partial charge in [-0.15, -0.1) is 0 Å². The first-order valence-corrected chi connectivity index (χ1v) is 18.7. The molecule has 7 aromatic carbocycles. The van der Waals surface area contributed by atoms with Gasteiger partial charge in [-0.25, -0.2) is 15.0 Å². The molecule has 0 amide bonds. The van der Waals surface area contributed by atoms with Gasteiger partial charge in [0, 0.05) is 33.9 Å². The minimum absolute atomic E-state index is 0.161. The zero-order valence-electron chi connectivity index (χ0n) is 30.6. The fourth-order valence-corrected chi connectivity index (χ4v) is 8.20. The third kappa shape index (κ3) is 5.71. The highest BCUT2D eigenvalue weighted by atomic mass is 15.0. The van der Waals surface area contributed by atoms with Gasteiger partial charge in [-0.3, -0.25) is 4.98 Å². The van der Waals surface area contributed by atoms with Crippen LogP contribution in [0.1, 0.15) is 25.0 Å². The molecule has 0 aliphatic heterocycles. The fraction of sp³-hybridized carbons (Fsp3) is 0.0588. The molecule has 0 saturated heterocycles. The van der Waals surface area contributed by atoms with Crippen LogP contribution < -0.4 is 0 Å². The number of aromatic nitrogens is 4. The molecular formula is C51H36N4. The molecule has 0 bridgehead atoms. The topological polar surface area (TPSA) is 51.6 Å². The monoisotopic (exact) mass is 704 g/mol. The van der Waals surface area contributed by atoms with Crippen molar-refractivity contribution >= 4 is 10.8 Å². The lowest BCUT2D eigenvalue weighted by Gasteiger charge is -2.23. The summed E-state index contributed by atoms with van der Waals surface area (Å²) >= 11 is 0. The molecule has 0 fully saturated rings. The number of rotatable bonds is 6. The van der Waals surface area contributed by atoms with Gasteiger partial charge < -0.3 is 0 Å². The van der Waals surface area contributed by atoms with E-state index in [1.54, 1.807) is 0 Å².